The molecule has 6 heteroatoms. The first kappa shape index (κ1) is 8.76. The van der Waals surface area contributed by atoms with Gasteiger partial charge in [0, 0.05) is 0 Å². The van der Waals surface area contributed by atoms with Crippen LogP contribution in [0.5, 0.6) is 5.75 Å². The Hall–Kier alpha value is -1.33. The van der Waals surface area contributed by atoms with Crippen LogP contribution in [0.2, 0.25) is 0 Å². The molecule has 0 unspecified atom stereocenters. The van der Waals surface area contributed by atoms with E-state index in [1.165, 1.54) is 0 Å². The molecule has 0 bridgehead atoms. The van der Waals surface area contributed by atoms with E-state index in [0.717, 1.165) is 0 Å². The molecule has 0 atom stereocenters. The molecule has 0 aliphatic rings. The van der Waals surface area contributed by atoms with Crippen LogP contribution < -0.4 is 0 Å². The average molecular weight is 181 g/mol. The molecule has 0 radical (unpaired) electrons. The van der Waals surface area contributed by atoms with Crippen LogP contribution in [0, 0.1) is 11.6 Å². The summed E-state index contributed by atoms with van der Waals surface area (Å²) < 4.78 is 48.4. The van der Waals surface area contributed by atoms with E-state index in [1.54, 1.807) is 0 Å². The summed E-state index contributed by atoms with van der Waals surface area (Å²) in [6.07, 6.45) is -2.76. The Kier molecular flexibility index (Phi) is 2.16. The Balaban J connectivity index is 3.27. The summed E-state index contributed by atoms with van der Waals surface area (Å²) in [7, 11) is 0. The number of aromatic nitrogens is 1. The Morgan fingerprint density at radius 2 is 1.83 bits per heavy atom. The third kappa shape index (κ3) is 1.32. The lowest BCUT2D eigenvalue weighted by molar-refractivity contribution is 0.138. The van der Waals surface area contributed by atoms with Crippen molar-refractivity contribution in [1.82, 2.24) is 4.98 Å². The van der Waals surface area contributed by atoms with Crippen LogP contribution in [0.4, 0.5) is 17.6 Å². The topological polar surface area (TPSA) is 33.1 Å². The SMILES string of the molecule is Oc1cnc(C(F)F)c(F)c1F. The Labute approximate surface area is 64.5 Å². The van der Waals surface area contributed by atoms with Crippen LogP contribution in [-0.2, 0) is 0 Å². The van der Waals surface area contributed by atoms with Crippen LogP contribution in [0.3, 0.4) is 0 Å². The van der Waals surface area contributed by atoms with Crippen LogP contribution in [0.25, 0.3) is 0 Å². The first-order valence-corrected chi connectivity index (χ1v) is 2.85. The van der Waals surface area contributed by atoms with Gasteiger partial charge in [-0.1, -0.05) is 0 Å². The van der Waals surface area contributed by atoms with Crippen molar-refractivity contribution in [3.05, 3.63) is 23.5 Å². The molecule has 0 aliphatic heterocycles. The van der Waals surface area contributed by atoms with Gasteiger partial charge in [0.2, 0.25) is 5.82 Å². The zero-order chi connectivity index (χ0) is 9.30. The molecule has 1 N–H and O–H groups in total. The van der Waals surface area contributed by atoms with Crippen molar-refractivity contribution in [3.8, 4) is 5.75 Å². The maximum Gasteiger partial charge on any atom is 0.283 e. The molecule has 0 fully saturated rings. The van der Waals surface area contributed by atoms with Crippen molar-refractivity contribution in [1.29, 1.82) is 0 Å². The van der Waals surface area contributed by atoms with Gasteiger partial charge in [0.1, 0.15) is 5.69 Å². The van der Waals surface area contributed by atoms with Crippen molar-refractivity contribution in [2.45, 2.75) is 6.43 Å². The lowest BCUT2D eigenvalue weighted by Gasteiger charge is -2.01. The summed E-state index contributed by atoms with van der Waals surface area (Å²) in [6, 6.07) is 0. The number of halogens is 4. The number of aromatic hydroxyl groups is 1. The second-order valence-electron chi connectivity index (χ2n) is 1.96. The van der Waals surface area contributed by atoms with Gasteiger partial charge in [0.25, 0.3) is 6.43 Å². The third-order valence-electron chi connectivity index (χ3n) is 1.18. The number of pyridine rings is 1. The van der Waals surface area contributed by atoms with Gasteiger partial charge >= 0.3 is 0 Å². The molecule has 2 nitrogen and oxygen atoms in total. The van der Waals surface area contributed by atoms with E-state index >= 15 is 0 Å². The van der Waals surface area contributed by atoms with E-state index in [1.807, 2.05) is 0 Å². The highest BCUT2D eigenvalue weighted by molar-refractivity contribution is 5.23. The lowest BCUT2D eigenvalue weighted by Crippen LogP contribution is -1.98. The van der Waals surface area contributed by atoms with Crippen LogP contribution >= 0.6 is 0 Å². The van der Waals surface area contributed by atoms with E-state index in [0.29, 0.717) is 6.20 Å². The minimum atomic E-state index is -3.19. The normalized spacial score (nSPS) is 10.8. The smallest absolute Gasteiger partial charge is 0.283 e. The fourth-order valence-electron chi connectivity index (χ4n) is 0.621. The molecule has 1 aromatic rings. The van der Waals surface area contributed by atoms with Gasteiger partial charge in [0.05, 0.1) is 6.20 Å². The summed E-state index contributed by atoms with van der Waals surface area (Å²) in [5.41, 5.74) is -1.30. The van der Waals surface area contributed by atoms with Gasteiger partial charge in [-0.25, -0.2) is 18.2 Å². The molecule has 0 saturated carbocycles. The predicted molar refractivity (Wildman–Crippen MR) is 30.8 cm³/mol. The number of nitrogens with zero attached hydrogens (tertiary/aromatic N) is 1. The van der Waals surface area contributed by atoms with Crippen molar-refractivity contribution < 1.29 is 22.7 Å². The highest BCUT2D eigenvalue weighted by Gasteiger charge is 2.20. The predicted octanol–water partition coefficient (Wildman–Crippen LogP) is 2.00. The average Bonchev–Trinajstić information content (AvgIpc) is 2.00. The van der Waals surface area contributed by atoms with Gasteiger partial charge in [-0.2, -0.15) is 4.39 Å². The Morgan fingerprint density at radius 1 is 1.25 bits per heavy atom. The van der Waals surface area contributed by atoms with E-state index in [-0.39, 0.29) is 0 Å². The summed E-state index contributed by atoms with van der Waals surface area (Å²) in [6.45, 7) is 0. The molecule has 0 amide bonds. The summed E-state index contributed by atoms with van der Waals surface area (Å²) in [4.78, 5) is 2.82. The van der Waals surface area contributed by atoms with Crippen molar-refractivity contribution in [3.63, 3.8) is 0 Å². The molecule has 0 spiro atoms. The van der Waals surface area contributed by atoms with Gasteiger partial charge in [0.15, 0.2) is 11.6 Å². The van der Waals surface area contributed by atoms with E-state index < -0.39 is 29.5 Å². The fourth-order valence-corrected chi connectivity index (χ4v) is 0.621. The first-order chi connectivity index (χ1) is 5.54. The number of rotatable bonds is 1. The summed E-state index contributed by atoms with van der Waals surface area (Å²) in [5.74, 6) is -4.61. The van der Waals surface area contributed by atoms with Crippen molar-refractivity contribution in [2.24, 2.45) is 0 Å². The Morgan fingerprint density at radius 3 is 2.33 bits per heavy atom. The lowest BCUT2D eigenvalue weighted by atomic mass is 10.3. The van der Waals surface area contributed by atoms with E-state index in [9.17, 15) is 17.6 Å². The van der Waals surface area contributed by atoms with Crippen molar-refractivity contribution in [2.75, 3.05) is 0 Å². The van der Waals surface area contributed by atoms with Gasteiger partial charge in [-0.3, -0.25) is 0 Å². The number of hydrogen-bond donors (Lipinski definition) is 1. The van der Waals surface area contributed by atoms with E-state index in [2.05, 4.69) is 4.98 Å². The molecule has 1 rings (SSSR count). The molecule has 12 heavy (non-hydrogen) atoms. The van der Waals surface area contributed by atoms with Crippen LogP contribution in [-0.4, -0.2) is 10.1 Å². The highest BCUT2D eigenvalue weighted by atomic mass is 19.3. The zero-order valence-electron chi connectivity index (χ0n) is 5.56. The zero-order valence-corrected chi connectivity index (χ0v) is 5.56. The largest absolute Gasteiger partial charge is 0.504 e. The number of alkyl halides is 2. The molecule has 66 valence electrons. The molecule has 0 aliphatic carbocycles. The third-order valence-corrected chi connectivity index (χ3v) is 1.18. The molecule has 0 aromatic carbocycles. The number of hydrogen-bond acceptors (Lipinski definition) is 2. The molecule has 1 heterocycles. The quantitative estimate of drug-likeness (QED) is 0.672. The monoisotopic (exact) mass is 181 g/mol. The second-order valence-corrected chi connectivity index (χ2v) is 1.96. The van der Waals surface area contributed by atoms with Gasteiger partial charge < -0.3 is 5.11 Å². The maximum absolute atomic E-state index is 12.4. The second kappa shape index (κ2) is 2.96. The minimum Gasteiger partial charge on any atom is -0.504 e. The van der Waals surface area contributed by atoms with Crippen LogP contribution in [0.15, 0.2) is 6.20 Å². The highest BCUT2D eigenvalue weighted by Crippen LogP contribution is 2.25. The molecule has 1 aromatic heterocycles. The van der Waals surface area contributed by atoms with Crippen LogP contribution in [0.1, 0.15) is 12.1 Å². The molecular formula is C6H3F4NO. The maximum atomic E-state index is 12.4. The van der Waals surface area contributed by atoms with E-state index in [4.69, 9.17) is 5.11 Å². The van der Waals surface area contributed by atoms with Gasteiger partial charge in [-0.15, -0.1) is 0 Å². The molecule has 0 saturated heterocycles. The first-order valence-electron chi connectivity index (χ1n) is 2.85. The van der Waals surface area contributed by atoms with Crippen molar-refractivity contribution >= 4 is 0 Å². The Bertz CT molecular complexity index is 302. The summed E-state index contributed by atoms with van der Waals surface area (Å²) >= 11 is 0. The molecular weight excluding hydrogens is 178 g/mol. The fraction of sp³-hybridized carbons (Fsp3) is 0.167. The summed E-state index contributed by atoms with van der Waals surface area (Å²) in [5, 5.41) is 8.48. The standard InChI is InChI=1S/C6H3F4NO/c7-3-2(12)1-11-5(4(3)8)6(9)10/h1,6,12H. The van der Waals surface area contributed by atoms with Gasteiger partial charge in [-0.05, 0) is 0 Å². The minimum absolute atomic E-state index is 0.430.